The van der Waals surface area contributed by atoms with E-state index in [9.17, 15) is 14.4 Å². The van der Waals surface area contributed by atoms with Gasteiger partial charge < -0.3 is 10.2 Å². The van der Waals surface area contributed by atoms with Gasteiger partial charge >= 0.3 is 6.03 Å². The molecule has 6 heteroatoms. The Morgan fingerprint density at radius 2 is 1.75 bits per heavy atom. The van der Waals surface area contributed by atoms with E-state index >= 15 is 0 Å². The number of imide groups is 1. The van der Waals surface area contributed by atoms with Gasteiger partial charge in [0.1, 0.15) is 12.1 Å². The first kappa shape index (κ1) is 19.0. The first-order valence-corrected chi connectivity index (χ1v) is 10.3. The van der Waals surface area contributed by atoms with Crippen LogP contribution < -0.4 is 5.32 Å². The van der Waals surface area contributed by atoms with Crippen LogP contribution in [-0.4, -0.2) is 52.8 Å². The summed E-state index contributed by atoms with van der Waals surface area (Å²) in [6, 6.07) is 10.3. The lowest BCUT2D eigenvalue weighted by Gasteiger charge is -2.35. The van der Waals surface area contributed by atoms with Gasteiger partial charge in [0.15, 0.2) is 0 Å². The second kappa shape index (κ2) is 7.22. The Balaban J connectivity index is 1.33. The molecule has 0 aromatic heterocycles. The third-order valence-corrected chi connectivity index (χ3v) is 6.90. The second-order valence-electron chi connectivity index (χ2n) is 8.72. The highest BCUT2D eigenvalue weighted by molar-refractivity contribution is 6.09. The van der Waals surface area contributed by atoms with Crippen molar-refractivity contribution in [3.8, 4) is 0 Å². The van der Waals surface area contributed by atoms with Gasteiger partial charge in [-0.1, -0.05) is 30.3 Å². The summed E-state index contributed by atoms with van der Waals surface area (Å²) in [5, 5.41) is 2.81. The Morgan fingerprint density at radius 1 is 1.11 bits per heavy atom. The topological polar surface area (TPSA) is 69.7 Å². The van der Waals surface area contributed by atoms with E-state index in [1.807, 2.05) is 6.07 Å². The maximum absolute atomic E-state index is 12.8. The van der Waals surface area contributed by atoms with Gasteiger partial charge in [0, 0.05) is 13.1 Å². The fourth-order valence-corrected chi connectivity index (χ4v) is 4.77. The number of rotatable bonds is 5. The van der Waals surface area contributed by atoms with Gasteiger partial charge in [-0.3, -0.25) is 14.5 Å². The number of nitrogens with zero attached hydrogens (tertiary/aromatic N) is 2. The molecule has 2 saturated carbocycles. The molecule has 1 N–H and O–H groups in total. The normalized spacial score (nSPS) is 30.3. The van der Waals surface area contributed by atoms with Crippen LogP contribution in [0.15, 0.2) is 30.3 Å². The van der Waals surface area contributed by atoms with Crippen molar-refractivity contribution in [3.63, 3.8) is 0 Å². The molecule has 1 saturated heterocycles. The zero-order valence-corrected chi connectivity index (χ0v) is 16.7. The van der Waals surface area contributed by atoms with Crippen molar-refractivity contribution in [2.24, 2.45) is 5.92 Å². The van der Waals surface area contributed by atoms with E-state index in [0.717, 1.165) is 43.4 Å². The molecule has 1 aromatic rings. The zero-order chi connectivity index (χ0) is 19.9. The average molecular weight is 383 g/mol. The van der Waals surface area contributed by atoms with E-state index < -0.39 is 11.6 Å². The van der Waals surface area contributed by atoms with Crippen molar-refractivity contribution in [1.82, 2.24) is 15.1 Å². The van der Waals surface area contributed by atoms with Crippen LogP contribution in [0.25, 0.3) is 0 Å². The van der Waals surface area contributed by atoms with Gasteiger partial charge in [-0.15, -0.1) is 0 Å². The quantitative estimate of drug-likeness (QED) is 0.795. The molecule has 0 bridgehead atoms. The SMILES string of the molecule is CN(C(=O)CN1C(=O)NC(C)(C2CC2)C1=O)C1CCC(c2ccccc2)CC1. The molecule has 3 aliphatic rings. The fourth-order valence-electron chi connectivity index (χ4n) is 4.77. The lowest BCUT2D eigenvalue weighted by molar-refractivity contribution is -0.139. The molecule has 1 heterocycles. The third kappa shape index (κ3) is 3.40. The second-order valence-corrected chi connectivity index (χ2v) is 8.72. The molecule has 1 aliphatic heterocycles. The van der Waals surface area contributed by atoms with Gasteiger partial charge in [0.25, 0.3) is 5.91 Å². The van der Waals surface area contributed by atoms with E-state index in [1.165, 1.54) is 5.56 Å². The van der Waals surface area contributed by atoms with Crippen molar-refractivity contribution in [3.05, 3.63) is 35.9 Å². The highest BCUT2D eigenvalue weighted by Gasteiger charge is 2.56. The number of urea groups is 1. The van der Waals surface area contributed by atoms with Crippen molar-refractivity contribution in [1.29, 1.82) is 0 Å². The first-order chi connectivity index (χ1) is 13.4. The Hall–Kier alpha value is -2.37. The van der Waals surface area contributed by atoms with Gasteiger partial charge in [-0.25, -0.2) is 4.79 Å². The molecule has 0 spiro atoms. The Bertz CT molecular complexity index is 768. The molecule has 4 rings (SSSR count). The van der Waals surface area contributed by atoms with Gasteiger partial charge in [0.2, 0.25) is 5.91 Å². The molecule has 1 unspecified atom stereocenters. The fraction of sp³-hybridized carbons (Fsp3) is 0.591. The van der Waals surface area contributed by atoms with Crippen LogP contribution in [0.4, 0.5) is 4.79 Å². The maximum atomic E-state index is 12.8. The van der Waals surface area contributed by atoms with Crippen molar-refractivity contribution in [2.45, 2.75) is 62.9 Å². The first-order valence-electron chi connectivity index (χ1n) is 10.3. The van der Waals surface area contributed by atoms with Crippen LogP contribution in [0.5, 0.6) is 0 Å². The molecule has 1 aromatic carbocycles. The molecule has 0 radical (unpaired) electrons. The monoisotopic (exact) mass is 383 g/mol. The maximum Gasteiger partial charge on any atom is 0.325 e. The molecular formula is C22H29N3O3. The van der Waals surface area contributed by atoms with Crippen molar-refractivity contribution >= 4 is 17.8 Å². The number of nitrogens with one attached hydrogen (secondary N) is 1. The third-order valence-electron chi connectivity index (χ3n) is 6.90. The Kier molecular flexibility index (Phi) is 4.89. The number of amides is 4. The largest absolute Gasteiger partial charge is 0.341 e. The van der Waals surface area contributed by atoms with Crippen LogP contribution in [0.1, 0.15) is 56.9 Å². The predicted octanol–water partition coefficient (Wildman–Crippen LogP) is 2.89. The summed E-state index contributed by atoms with van der Waals surface area (Å²) in [5.41, 5.74) is 0.539. The summed E-state index contributed by atoms with van der Waals surface area (Å²) in [6.45, 7) is 1.62. The van der Waals surface area contributed by atoms with Crippen LogP contribution in [0.2, 0.25) is 0 Å². The van der Waals surface area contributed by atoms with E-state index in [-0.39, 0.29) is 30.3 Å². The van der Waals surface area contributed by atoms with E-state index in [4.69, 9.17) is 0 Å². The number of hydrogen-bond acceptors (Lipinski definition) is 3. The number of hydrogen-bond donors (Lipinski definition) is 1. The van der Waals surface area contributed by atoms with Crippen LogP contribution in [0.3, 0.4) is 0 Å². The molecule has 150 valence electrons. The zero-order valence-electron chi connectivity index (χ0n) is 16.7. The summed E-state index contributed by atoms with van der Waals surface area (Å²) >= 11 is 0. The summed E-state index contributed by atoms with van der Waals surface area (Å²) < 4.78 is 0. The lowest BCUT2D eigenvalue weighted by Crippen LogP contribution is -2.48. The minimum Gasteiger partial charge on any atom is -0.341 e. The number of carbonyl (C=O) groups excluding carboxylic acids is 3. The van der Waals surface area contributed by atoms with E-state index in [2.05, 4.69) is 29.6 Å². The van der Waals surface area contributed by atoms with Crippen molar-refractivity contribution in [2.75, 3.05) is 13.6 Å². The highest BCUT2D eigenvalue weighted by atomic mass is 16.2. The van der Waals surface area contributed by atoms with Gasteiger partial charge in [-0.2, -0.15) is 0 Å². The van der Waals surface area contributed by atoms with Crippen LogP contribution in [-0.2, 0) is 9.59 Å². The molecule has 1 atom stereocenters. The number of benzene rings is 1. The number of likely N-dealkylation sites (N-methyl/N-ethyl adjacent to an activating group) is 1. The summed E-state index contributed by atoms with van der Waals surface area (Å²) in [5.74, 6) is 0.336. The smallest absolute Gasteiger partial charge is 0.325 e. The molecule has 6 nitrogen and oxygen atoms in total. The van der Waals surface area contributed by atoms with Crippen LogP contribution >= 0.6 is 0 Å². The van der Waals surface area contributed by atoms with E-state index in [0.29, 0.717) is 5.92 Å². The summed E-state index contributed by atoms with van der Waals surface area (Å²) in [6.07, 6.45) is 5.90. The molecule has 4 amide bonds. The molecular weight excluding hydrogens is 354 g/mol. The minimum atomic E-state index is -0.830. The summed E-state index contributed by atoms with van der Waals surface area (Å²) in [4.78, 5) is 40.7. The van der Waals surface area contributed by atoms with Crippen LogP contribution in [0, 0.1) is 5.92 Å². The van der Waals surface area contributed by atoms with Gasteiger partial charge in [-0.05, 0) is 62.8 Å². The highest BCUT2D eigenvalue weighted by Crippen LogP contribution is 2.42. The van der Waals surface area contributed by atoms with E-state index in [1.54, 1.807) is 18.9 Å². The molecule has 3 fully saturated rings. The Labute approximate surface area is 166 Å². The Morgan fingerprint density at radius 3 is 2.36 bits per heavy atom. The lowest BCUT2D eigenvalue weighted by atomic mass is 9.81. The standard InChI is InChI=1S/C22H29N3O3/c1-22(17-10-11-17)20(27)25(21(28)23-22)14-19(26)24(2)18-12-8-16(9-13-18)15-6-4-3-5-7-15/h3-7,16-18H,8-14H2,1-2H3,(H,23,28). The number of carbonyl (C=O) groups is 3. The predicted molar refractivity (Wildman–Crippen MR) is 106 cm³/mol. The average Bonchev–Trinajstić information content (AvgIpc) is 3.54. The molecule has 2 aliphatic carbocycles. The van der Waals surface area contributed by atoms with Gasteiger partial charge in [0.05, 0.1) is 0 Å². The summed E-state index contributed by atoms with van der Waals surface area (Å²) in [7, 11) is 1.80. The molecule has 28 heavy (non-hydrogen) atoms. The van der Waals surface area contributed by atoms with Crippen molar-refractivity contribution < 1.29 is 14.4 Å². The minimum absolute atomic E-state index is 0.160.